The van der Waals surface area contributed by atoms with E-state index in [1.165, 1.54) is 15.3 Å². The Labute approximate surface area is 137 Å². The number of fused-ring (bicyclic) bond motifs is 1. The molecule has 1 aromatic heterocycles. The van der Waals surface area contributed by atoms with Gasteiger partial charge in [-0.1, -0.05) is 0 Å². The topological polar surface area (TPSA) is 35.6 Å². The van der Waals surface area contributed by atoms with E-state index in [2.05, 4.69) is 5.32 Å². The Morgan fingerprint density at radius 1 is 1.39 bits per heavy atom. The molecular formula is C15H20F3N3OS. The number of carbonyl (C=O) groups excluding carboxylic acids is 1. The molecule has 1 saturated heterocycles. The van der Waals surface area contributed by atoms with Gasteiger partial charge in [0.2, 0.25) is 0 Å². The number of alkyl halides is 3. The van der Waals surface area contributed by atoms with E-state index in [1.54, 1.807) is 16.2 Å². The highest BCUT2D eigenvalue weighted by Crippen LogP contribution is 2.24. The highest BCUT2D eigenvalue weighted by atomic mass is 32.1. The molecule has 4 nitrogen and oxygen atoms in total. The van der Waals surface area contributed by atoms with Crippen LogP contribution in [0, 0.1) is 5.92 Å². The lowest BCUT2D eigenvalue weighted by Gasteiger charge is -2.27. The van der Waals surface area contributed by atoms with Gasteiger partial charge in [-0.05, 0) is 42.3 Å². The maximum Gasteiger partial charge on any atom is 0.401 e. The van der Waals surface area contributed by atoms with Crippen molar-refractivity contribution in [3.05, 3.63) is 21.9 Å². The minimum absolute atomic E-state index is 0.0998. The minimum atomic E-state index is -4.15. The van der Waals surface area contributed by atoms with Crippen LogP contribution in [-0.2, 0) is 13.0 Å². The molecule has 0 aliphatic carbocycles. The summed E-state index contributed by atoms with van der Waals surface area (Å²) < 4.78 is 37.1. The Morgan fingerprint density at radius 2 is 2.22 bits per heavy atom. The van der Waals surface area contributed by atoms with Crippen LogP contribution in [-0.4, -0.2) is 54.7 Å². The van der Waals surface area contributed by atoms with Gasteiger partial charge in [-0.2, -0.15) is 13.2 Å². The molecule has 0 aromatic carbocycles. The van der Waals surface area contributed by atoms with Crippen LogP contribution in [0.3, 0.4) is 0 Å². The van der Waals surface area contributed by atoms with Gasteiger partial charge in [-0.15, -0.1) is 11.3 Å². The summed E-state index contributed by atoms with van der Waals surface area (Å²) in [6, 6.07) is 1.93. The highest BCUT2D eigenvalue weighted by Gasteiger charge is 2.34. The predicted octanol–water partition coefficient (Wildman–Crippen LogP) is 2.70. The number of urea groups is 1. The number of amides is 2. The number of halogens is 3. The Hall–Kier alpha value is -1.28. The molecule has 2 aliphatic rings. The van der Waals surface area contributed by atoms with Gasteiger partial charge in [0.15, 0.2) is 0 Å². The van der Waals surface area contributed by atoms with Crippen LogP contribution in [0.25, 0.3) is 0 Å². The van der Waals surface area contributed by atoms with Gasteiger partial charge in [0.05, 0.1) is 6.54 Å². The first-order valence-corrected chi connectivity index (χ1v) is 8.66. The number of nitrogens with one attached hydrogen (secondary N) is 1. The fraction of sp³-hybridized carbons (Fsp3) is 0.667. The van der Waals surface area contributed by atoms with Crippen molar-refractivity contribution in [2.24, 2.45) is 5.92 Å². The smallest absolute Gasteiger partial charge is 0.338 e. The third-order valence-electron chi connectivity index (χ3n) is 4.41. The molecule has 23 heavy (non-hydrogen) atoms. The molecule has 1 aromatic rings. The molecule has 0 spiro atoms. The molecule has 8 heteroatoms. The Bertz CT molecular complexity index is 560. The molecule has 1 atom stereocenters. The fourth-order valence-electron chi connectivity index (χ4n) is 3.24. The van der Waals surface area contributed by atoms with Gasteiger partial charge in [-0.3, -0.25) is 4.90 Å². The summed E-state index contributed by atoms with van der Waals surface area (Å²) in [7, 11) is 0. The summed E-state index contributed by atoms with van der Waals surface area (Å²) in [5.74, 6) is 0.0998. The summed E-state index contributed by atoms with van der Waals surface area (Å²) in [4.78, 5) is 16.7. The van der Waals surface area contributed by atoms with Crippen molar-refractivity contribution in [2.75, 3.05) is 32.7 Å². The van der Waals surface area contributed by atoms with Crippen molar-refractivity contribution in [3.63, 3.8) is 0 Å². The van der Waals surface area contributed by atoms with Gasteiger partial charge in [0.25, 0.3) is 0 Å². The molecule has 128 valence electrons. The summed E-state index contributed by atoms with van der Waals surface area (Å²) in [5, 5.41) is 4.92. The number of thiophene rings is 1. The predicted molar refractivity (Wildman–Crippen MR) is 82.4 cm³/mol. The third-order valence-corrected chi connectivity index (χ3v) is 5.43. The van der Waals surface area contributed by atoms with E-state index in [4.69, 9.17) is 0 Å². The van der Waals surface area contributed by atoms with Gasteiger partial charge in [0, 0.05) is 31.1 Å². The number of hydrogen-bond acceptors (Lipinski definition) is 3. The first-order valence-electron chi connectivity index (χ1n) is 7.78. The first kappa shape index (κ1) is 16.6. The second kappa shape index (κ2) is 6.68. The zero-order valence-electron chi connectivity index (χ0n) is 12.7. The van der Waals surface area contributed by atoms with Crippen molar-refractivity contribution in [1.29, 1.82) is 0 Å². The van der Waals surface area contributed by atoms with E-state index in [1.807, 2.05) is 11.4 Å². The lowest BCUT2D eigenvalue weighted by molar-refractivity contribution is -0.143. The number of likely N-dealkylation sites (tertiary alicyclic amines) is 1. The Morgan fingerprint density at radius 3 is 3.00 bits per heavy atom. The van der Waals surface area contributed by atoms with E-state index in [0.717, 1.165) is 6.42 Å². The summed E-state index contributed by atoms with van der Waals surface area (Å²) in [5.41, 5.74) is 1.20. The van der Waals surface area contributed by atoms with Gasteiger partial charge >= 0.3 is 12.2 Å². The lowest BCUT2D eigenvalue weighted by Crippen LogP contribution is -2.44. The average Bonchev–Trinajstić information content (AvgIpc) is 3.11. The molecule has 0 bridgehead atoms. The van der Waals surface area contributed by atoms with Crippen LogP contribution in [0.2, 0.25) is 0 Å². The molecule has 1 fully saturated rings. The molecule has 3 heterocycles. The van der Waals surface area contributed by atoms with Crippen LogP contribution >= 0.6 is 11.3 Å². The molecule has 2 aliphatic heterocycles. The zero-order valence-corrected chi connectivity index (χ0v) is 13.6. The van der Waals surface area contributed by atoms with Crippen LogP contribution in [0.5, 0.6) is 0 Å². The Kier molecular flexibility index (Phi) is 4.82. The van der Waals surface area contributed by atoms with Crippen LogP contribution in [0.1, 0.15) is 16.9 Å². The monoisotopic (exact) mass is 347 g/mol. The molecule has 0 unspecified atom stereocenters. The fourth-order valence-corrected chi connectivity index (χ4v) is 4.13. The molecule has 3 rings (SSSR count). The quantitative estimate of drug-likeness (QED) is 0.913. The maximum absolute atomic E-state index is 12.4. The van der Waals surface area contributed by atoms with Crippen molar-refractivity contribution in [3.8, 4) is 0 Å². The van der Waals surface area contributed by atoms with Gasteiger partial charge in [0.1, 0.15) is 0 Å². The summed E-state index contributed by atoms with van der Waals surface area (Å²) in [6.45, 7) is 1.75. The van der Waals surface area contributed by atoms with E-state index < -0.39 is 12.7 Å². The Balaban J connectivity index is 1.42. The van der Waals surface area contributed by atoms with Crippen molar-refractivity contribution >= 4 is 17.4 Å². The third kappa shape index (κ3) is 4.38. The van der Waals surface area contributed by atoms with E-state index in [9.17, 15) is 18.0 Å². The first-order chi connectivity index (χ1) is 10.9. The van der Waals surface area contributed by atoms with E-state index >= 15 is 0 Å². The molecule has 1 N–H and O–H groups in total. The maximum atomic E-state index is 12.4. The van der Waals surface area contributed by atoms with Crippen molar-refractivity contribution < 1.29 is 18.0 Å². The molecule has 0 saturated carbocycles. The standard InChI is InChI=1S/C15H20F3N3OS/c16-15(17,18)10-20-4-1-11(8-20)7-19-14(22)21-5-2-13-12(9-21)3-6-23-13/h3,6,11H,1-2,4-5,7-10H2,(H,19,22)/t11-/m1/s1. The second-order valence-electron chi connectivity index (χ2n) is 6.23. The number of nitrogens with zero attached hydrogens (tertiary/aromatic N) is 2. The largest absolute Gasteiger partial charge is 0.401 e. The van der Waals surface area contributed by atoms with Crippen LogP contribution < -0.4 is 5.32 Å². The van der Waals surface area contributed by atoms with Crippen LogP contribution in [0.4, 0.5) is 18.0 Å². The van der Waals surface area contributed by atoms with Crippen molar-refractivity contribution in [1.82, 2.24) is 15.1 Å². The van der Waals surface area contributed by atoms with Gasteiger partial charge in [-0.25, -0.2) is 4.79 Å². The zero-order chi connectivity index (χ0) is 16.4. The molecule has 0 radical (unpaired) electrons. The molecular weight excluding hydrogens is 327 g/mol. The minimum Gasteiger partial charge on any atom is -0.338 e. The van der Waals surface area contributed by atoms with E-state index in [0.29, 0.717) is 39.1 Å². The molecule has 2 amide bonds. The lowest BCUT2D eigenvalue weighted by atomic mass is 10.1. The normalized spacial score (nSPS) is 22.2. The summed E-state index contributed by atoms with van der Waals surface area (Å²) >= 11 is 1.72. The summed E-state index contributed by atoms with van der Waals surface area (Å²) in [6.07, 6.45) is -2.57. The highest BCUT2D eigenvalue weighted by molar-refractivity contribution is 7.10. The van der Waals surface area contributed by atoms with Crippen LogP contribution in [0.15, 0.2) is 11.4 Å². The van der Waals surface area contributed by atoms with Crippen molar-refractivity contribution in [2.45, 2.75) is 25.6 Å². The average molecular weight is 347 g/mol. The number of rotatable bonds is 3. The van der Waals surface area contributed by atoms with Gasteiger partial charge < -0.3 is 10.2 Å². The van der Waals surface area contributed by atoms with E-state index in [-0.39, 0.29) is 11.9 Å². The SMILES string of the molecule is O=C(NC[C@H]1CCN(CC(F)(F)F)C1)N1CCc2sccc2C1. The number of hydrogen-bond donors (Lipinski definition) is 1. The number of carbonyl (C=O) groups is 1. The second-order valence-corrected chi connectivity index (χ2v) is 7.23.